The SMILES string of the molecule is FC(F)(F)Oc1ccc(Cc2nc3ccc(N=C(c4ccccc4)c4ccccc4)cc3s2)cc1. The molecule has 0 aliphatic carbocycles. The van der Waals surface area contributed by atoms with Crippen LogP contribution >= 0.6 is 11.3 Å². The smallest absolute Gasteiger partial charge is 0.406 e. The Hall–Kier alpha value is -3.97. The second-order valence-corrected chi connectivity index (χ2v) is 8.94. The first-order valence-electron chi connectivity index (χ1n) is 10.9. The lowest BCUT2D eigenvalue weighted by atomic mass is 10.0. The summed E-state index contributed by atoms with van der Waals surface area (Å²) in [4.78, 5) is 9.66. The Kier molecular flexibility index (Phi) is 6.33. The number of alkyl halides is 3. The minimum Gasteiger partial charge on any atom is -0.406 e. The van der Waals surface area contributed by atoms with Crippen molar-refractivity contribution in [3.63, 3.8) is 0 Å². The molecule has 0 aliphatic heterocycles. The van der Waals surface area contributed by atoms with Crippen molar-refractivity contribution in [1.29, 1.82) is 0 Å². The van der Waals surface area contributed by atoms with E-state index in [1.807, 2.05) is 78.9 Å². The van der Waals surface area contributed by atoms with Crippen LogP contribution < -0.4 is 4.74 Å². The number of benzene rings is 4. The highest BCUT2D eigenvalue weighted by molar-refractivity contribution is 7.18. The average Bonchev–Trinajstić information content (AvgIpc) is 3.25. The number of fused-ring (bicyclic) bond motifs is 1. The third-order valence-electron chi connectivity index (χ3n) is 5.26. The van der Waals surface area contributed by atoms with Crippen LogP contribution in [0.4, 0.5) is 18.9 Å². The van der Waals surface area contributed by atoms with Gasteiger partial charge in [-0.1, -0.05) is 72.8 Å². The molecule has 174 valence electrons. The Labute approximate surface area is 204 Å². The molecule has 0 radical (unpaired) electrons. The van der Waals surface area contributed by atoms with Gasteiger partial charge in [-0.3, -0.25) is 0 Å². The van der Waals surface area contributed by atoms with E-state index in [9.17, 15) is 13.2 Å². The van der Waals surface area contributed by atoms with Crippen LogP contribution in [0, 0.1) is 0 Å². The number of hydrogen-bond acceptors (Lipinski definition) is 4. The minimum absolute atomic E-state index is 0.235. The monoisotopic (exact) mass is 488 g/mol. The maximum absolute atomic E-state index is 12.4. The molecule has 0 fully saturated rings. The van der Waals surface area contributed by atoms with Gasteiger partial charge < -0.3 is 4.74 Å². The van der Waals surface area contributed by atoms with Crippen molar-refractivity contribution in [3.8, 4) is 5.75 Å². The first-order valence-corrected chi connectivity index (χ1v) is 11.7. The van der Waals surface area contributed by atoms with E-state index in [1.165, 1.54) is 12.1 Å². The van der Waals surface area contributed by atoms with Crippen LogP contribution in [0.25, 0.3) is 10.2 Å². The molecule has 0 saturated heterocycles. The van der Waals surface area contributed by atoms with E-state index >= 15 is 0 Å². The molecule has 4 aromatic carbocycles. The number of hydrogen-bond donors (Lipinski definition) is 0. The van der Waals surface area contributed by atoms with E-state index in [0.717, 1.165) is 43.3 Å². The fourth-order valence-electron chi connectivity index (χ4n) is 3.71. The van der Waals surface area contributed by atoms with E-state index in [1.54, 1.807) is 23.5 Å². The summed E-state index contributed by atoms with van der Waals surface area (Å²) in [7, 11) is 0. The second kappa shape index (κ2) is 9.72. The number of thiazole rings is 1. The molecule has 0 saturated carbocycles. The summed E-state index contributed by atoms with van der Waals surface area (Å²) in [6, 6.07) is 31.9. The summed E-state index contributed by atoms with van der Waals surface area (Å²) in [5.74, 6) is -0.235. The zero-order valence-electron chi connectivity index (χ0n) is 18.4. The van der Waals surface area contributed by atoms with E-state index in [-0.39, 0.29) is 5.75 Å². The molecule has 0 unspecified atom stereocenters. The van der Waals surface area contributed by atoms with Gasteiger partial charge in [-0.2, -0.15) is 0 Å². The van der Waals surface area contributed by atoms with Crippen LogP contribution in [0.1, 0.15) is 21.7 Å². The Morgan fingerprint density at radius 3 is 2.03 bits per heavy atom. The fraction of sp³-hybridized carbons (Fsp3) is 0.0714. The molecule has 5 rings (SSSR count). The number of ether oxygens (including phenoxy) is 1. The first kappa shape index (κ1) is 22.8. The number of nitrogens with zero attached hydrogens (tertiary/aromatic N) is 2. The van der Waals surface area contributed by atoms with Crippen LogP contribution in [0.3, 0.4) is 0 Å². The number of aromatic nitrogens is 1. The summed E-state index contributed by atoms with van der Waals surface area (Å²) in [5.41, 5.74) is 5.48. The molecular weight excluding hydrogens is 469 g/mol. The van der Waals surface area contributed by atoms with Gasteiger partial charge in [0.2, 0.25) is 0 Å². The quantitative estimate of drug-likeness (QED) is 0.227. The maximum atomic E-state index is 12.4. The minimum atomic E-state index is -4.70. The van der Waals surface area contributed by atoms with E-state index in [0.29, 0.717) is 6.42 Å². The molecule has 3 nitrogen and oxygen atoms in total. The standard InChI is InChI=1S/C28H19F3N2OS/c29-28(30,31)34-23-14-11-19(12-15-23)17-26-33-24-16-13-22(18-25(24)35-26)32-27(20-7-3-1-4-8-20)21-9-5-2-6-10-21/h1-16,18H,17H2. The van der Waals surface area contributed by atoms with E-state index in [2.05, 4.69) is 9.72 Å². The van der Waals surface area contributed by atoms with Gasteiger partial charge in [-0.15, -0.1) is 24.5 Å². The highest BCUT2D eigenvalue weighted by atomic mass is 32.1. The molecule has 35 heavy (non-hydrogen) atoms. The van der Waals surface area contributed by atoms with Crippen molar-refractivity contribution in [2.75, 3.05) is 0 Å². The molecule has 7 heteroatoms. The zero-order chi connectivity index (χ0) is 24.3. The molecule has 1 aromatic heterocycles. The number of halogens is 3. The van der Waals surface area contributed by atoms with Crippen molar-refractivity contribution in [2.24, 2.45) is 4.99 Å². The van der Waals surface area contributed by atoms with Gasteiger partial charge in [0.25, 0.3) is 0 Å². The Morgan fingerprint density at radius 1 is 0.800 bits per heavy atom. The lowest BCUT2D eigenvalue weighted by molar-refractivity contribution is -0.274. The largest absolute Gasteiger partial charge is 0.573 e. The third-order valence-corrected chi connectivity index (χ3v) is 6.28. The summed E-state index contributed by atoms with van der Waals surface area (Å²) in [5, 5.41) is 0.872. The fourth-order valence-corrected chi connectivity index (χ4v) is 4.74. The summed E-state index contributed by atoms with van der Waals surface area (Å²) < 4.78 is 42.1. The normalized spacial score (nSPS) is 11.4. The first-order chi connectivity index (χ1) is 16.9. The Morgan fingerprint density at radius 2 is 1.43 bits per heavy atom. The summed E-state index contributed by atoms with van der Waals surface area (Å²) in [6.45, 7) is 0. The van der Waals surface area contributed by atoms with Crippen LogP contribution in [0.5, 0.6) is 5.75 Å². The molecule has 0 aliphatic rings. The van der Waals surface area contributed by atoms with Crippen LogP contribution in [-0.4, -0.2) is 17.1 Å². The average molecular weight is 489 g/mol. The van der Waals surface area contributed by atoms with Crippen molar-refractivity contribution in [1.82, 2.24) is 4.98 Å². The van der Waals surface area contributed by atoms with Gasteiger partial charge in [0, 0.05) is 17.5 Å². The molecule has 5 aromatic rings. The molecule has 0 bridgehead atoms. The highest BCUT2D eigenvalue weighted by Crippen LogP contribution is 2.30. The van der Waals surface area contributed by atoms with Gasteiger partial charge >= 0.3 is 6.36 Å². The highest BCUT2D eigenvalue weighted by Gasteiger charge is 2.30. The van der Waals surface area contributed by atoms with Gasteiger partial charge in [0.1, 0.15) is 5.75 Å². The number of rotatable bonds is 6. The molecule has 0 amide bonds. The molecule has 1 heterocycles. The second-order valence-electron chi connectivity index (χ2n) is 7.82. The Balaban J connectivity index is 1.42. The van der Waals surface area contributed by atoms with Crippen molar-refractivity contribution >= 4 is 33.0 Å². The van der Waals surface area contributed by atoms with Gasteiger partial charge in [-0.05, 0) is 35.9 Å². The zero-order valence-corrected chi connectivity index (χ0v) is 19.2. The lowest BCUT2D eigenvalue weighted by Gasteiger charge is -2.08. The van der Waals surface area contributed by atoms with Crippen LogP contribution in [0.15, 0.2) is 108 Å². The topological polar surface area (TPSA) is 34.5 Å². The van der Waals surface area contributed by atoms with Crippen molar-refractivity contribution in [2.45, 2.75) is 12.8 Å². The molecule has 0 spiro atoms. The lowest BCUT2D eigenvalue weighted by Crippen LogP contribution is -2.17. The van der Waals surface area contributed by atoms with Crippen molar-refractivity contribution in [3.05, 3.63) is 125 Å². The Bertz CT molecular complexity index is 1420. The number of aliphatic imine (C=N–C) groups is 1. The van der Waals surface area contributed by atoms with Gasteiger partial charge in [0.05, 0.1) is 26.6 Å². The predicted molar refractivity (Wildman–Crippen MR) is 134 cm³/mol. The van der Waals surface area contributed by atoms with Crippen LogP contribution in [0.2, 0.25) is 0 Å². The molecular formula is C28H19F3N2OS. The van der Waals surface area contributed by atoms with Gasteiger partial charge in [-0.25, -0.2) is 9.98 Å². The third kappa shape index (κ3) is 5.75. The van der Waals surface area contributed by atoms with Crippen LogP contribution in [-0.2, 0) is 6.42 Å². The van der Waals surface area contributed by atoms with E-state index in [4.69, 9.17) is 4.99 Å². The van der Waals surface area contributed by atoms with Gasteiger partial charge in [0.15, 0.2) is 0 Å². The molecule has 0 N–H and O–H groups in total. The van der Waals surface area contributed by atoms with E-state index < -0.39 is 6.36 Å². The van der Waals surface area contributed by atoms with Crippen molar-refractivity contribution < 1.29 is 17.9 Å². The molecule has 0 atom stereocenters. The summed E-state index contributed by atoms with van der Waals surface area (Å²) >= 11 is 1.55. The maximum Gasteiger partial charge on any atom is 0.573 e. The summed E-state index contributed by atoms with van der Waals surface area (Å²) in [6.07, 6.45) is -4.18. The predicted octanol–water partition coefficient (Wildman–Crippen LogP) is 7.95.